The van der Waals surface area contributed by atoms with Crippen molar-refractivity contribution in [1.82, 2.24) is 0 Å². The van der Waals surface area contributed by atoms with Gasteiger partial charge in [-0.2, -0.15) is 0 Å². The van der Waals surface area contributed by atoms with Crippen LogP contribution in [0, 0.1) is 29.5 Å². The summed E-state index contributed by atoms with van der Waals surface area (Å²) in [7, 11) is 0. The van der Waals surface area contributed by atoms with Gasteiger partial charge in [-0.25, -0.2) is 4.39 Å². The maximum atomic E-state index is 12.8. The Morgan fingerprint density at radius 3 is 2.06 bits per heavy atom. The van der Waals surface area contributed by atoms with E-state index in [0.717, 1.165) is 0 Å². The first-order chi connectivity index (χ1) is 8.43. The molecule has 0 radical (unpaired) electrons. The van der Waals surface area contributed by atoms with Crippen molar-refractivity contribution in [3.63, 3.8) is 0 Å². The van der Waals surface area contributed by atoms with Gasteiger partial charge < -0.3 is 0 Å². The highest BCUT2D eigenvalue weighted by atomic mass is 19.1. The van der Waals surface area contributed by atoms with Crippen LogP contribution in [0.15, 0.2) is 24.3 Å². The zero-order valence-electron chi connectivity index (χ0n) is 10.8. The molecule has 0 aliphatic heterocycles. The molecule has 1 aliphatic carbocycles. The Bertz CT molecular complexity index is 476. The fraction of sp³-hybridized carbons (Fsp3) is 0.467. The van der Waals surface area contributed by atoms with Crippen LogP contribution in [0.4, 0.5) is 4.39 Å². The Hall–Kier alpha value is -1.51. The molecule has 0 aromatic heterocycles. The number of halogens is 1. The lowest BCUT2D eigenvalue weighted by molar-refractivity contribution is -0.118. The summed E-state index contributed by atoms with van der Waals surface area (Å²) in [5.74, 6) is -0.224. The second kappa shape index (κ2) is 4.63. The van der Waals surface area contributed by atoms with Gasteiger partial charge in [0.2, 0.25) is 0 Å². The summed E-state index contributed by atoms with van der Waals surface area (Å²) in [6.45, 7) is 5.59. The Morgan fingerprint density at radius 2 is 1.67 bits per heavy atom. The number of Topliss-reactive ketones (excluding diaryl/α,β-unsaturated/α-hetero) is 2. The highest BCUT2D eigenvalue weighted by Crippen LogP contribution is 2.52. The molecule has 1 fully saturated rings. The van der Waals surface area contributed by atoms with Crippen LogP contribution in [0.1, 0.15) is 31.1 Å². The lowest BCUT2D eigenvalue weighted by Crippen LogP contribution is -2.07. The summed E-state index contributed by atoms with van der Waals surface area (Å²) >= 11 is 0. The maximum absolute atomic E-state index is 12.8. The summed E-state index contributed by atoms with van der Waals surface area (Å²) in [5.41, 5.74) is 0.496. The van der Waals surface area contributed by atoms with Crippen LogP contribution in [-0.4, -0.2) is 11.6 Å². The molecule has 0 spiro atoms. The summed E-state index contributed by atoms with van der Waals surface area (Å²) < 4.78 is 12.8. The first-order valence-electron chi connectivity index (χ1n) is 6.23. The van der Waals surface area contributed by atoms with Crippen LogP contribution in [0.3, 0.4) is 0 Å². The summed E-state index contributed by atoms with van der Waals surface area (Å²) in [6, 6.07) is 5.54. The molecular weight excluding hydrogens is 231 g/mol. The predicted octanol–water partition coefficient (Wildman–Crippen LogP) is 3.12. The summed E-state index contributed by atoms with van der Waals surface area (Å²) in [4.78, 5) is 23.8. The normalized spacial score (nSPS) is 26.2. The zero-order valence-corrected chi connectivity index (χ0v) is 10.8. The van der Waals surface area contributed by atoms with Crippen molar-refractivity contribution in [3.8, 4) is 0 Å². The van der Waals surface area contributed by atoms with Gasteiger partial charge in [0.25, 0.3) is 0 Å². The van der Waals surface area contributed by atoms with Crippen molar-refractivity contribution in [2.24, 2.45) is 23.7 Å². The van der Waals surface area contributed by atoms with E-state index in [0.29, 0.717) is 11.5 Å². The molecule has 2 rings (SSSR count). The first-order valence-corrected chi connectivity index (χ1v) is 6.23. The Morgan fingerprint density at radius 1 is 1.11 bits per heavy atom. The van der Waals surface area contributed by atoms with Crippen LogP contribution in [0.5, 0.6) is 0 Å². The topological polar surface area (TPSA) is 34.1 Å². The lowest BCUT2D eigenvalue weighted by Gasteiger charge is -2.02. The van der Waals surface area contributed by atoms with Crippen LogP contribution in [0.25, 0.3) is 0 Å². The molecule has 3 atom stereocenters. The van der Waals surface area contributed by atoms with E-state index in [4.69, 9.17) is 0 Å². The van der Waals surface area contributed by atoms with E-state index in [1.165, 1.54) is 31.2 Å². The highest BCUT2D eigenvalue weighted by molar-refractivity contribution is 6.04. The van der Waals surface area contributed by atoms with E-state index in [9.17, 15) is 14.0 Å². The molecule has 18 heavy (non-hydrogen) atoms. The van der Waals surface area contributed by atoms with Crippen LogP contribution in [-0.2, 0) is 4.79 Å². The van der Waals surface area contributed by atoms with Crippen LogP contribution in [0.2, 0.25) is 0 Å². The van der Waals surface area contributed by atoms with Gasteiger partial charge in [-0.1, -0.05) is 13.8 Å². The number of ketones is 2. The van der Waals surface area contributed by atoms with Crippen molar-refractivity contribution in [3.05, 3.63) is 35.6 Å². The molecule has 3 unspecified atom stereocenters. The molecule has 3 heteroatoms. The number of hydrogen-bond acceptors (Lipinski definition) is 2. The quantitative estimate of drug-likeness (QED) is 0.767. The van der Waals surface area contributed by atoms with E-state index in [1.54, 1.807) is 0 Å². The van der Waals surface area contributed by atoms with Crippen molar-refractivity contribution in [2.45, 2.75) is 20.8 Å². The largest absolute Gasteiger partial charge is 0.300 e. The van der Waals surface area contributed by atoms with Gasteiger partial charge in [0.05, 0.1) is 0 Å². The fourth-order valence-electron chi connectivity index (χ4n) is 2.83. The molecule has 1 aromatic rings. The molecule has 0 bridgehead atoms. The minimum absolute atomic E-state index is 0.0334. The van der Waals surface area contributed by atoms with Gasteiger partial charge in [-0.05, 0) is 43.0 Å². The molecule has 1 aliphatic rings. The average Bonchev–Trinajstić information content (AvgIpc) is 3.04. The third kappa shape index (κ3) is 2.22. The van der Waals surface area contributed by atoms with E-state index in [2.05, 4.69) is 0 Å². The summed E-state index contributed by atoms with van der Waals surface area (Å²) in [6.07, 6.45) is 0. The third-order valence-electron chi connectivity index (χ3n) is 3.75. The van der Waals surface area contributed by atoms with E-state index in [-0.39, 0.29) is 35.1 Å². The third-order valence-corrected chi connectivity index (χ3v) is 3.75. The molecule has 0 N–H and O–H groups in total. The fourth-order valence-corrected chi connectivity index (χ4v) is 2.83. The predicted molar refractivity (Wildman–Crippen MR) is 66.7 cm³/mol. The van der Waals surface area contributed by atoms with Crippen molar-refractivity contribution < 1.29 is 14.0 Å². The number of carbonyl (C=O) groups excluding carboxylic acids is 2. The molecule has 0 saturated heterocycles. The smallest absolute Gasteiger partial charge is 0.166 e. The number of benzene rings is 1. The Balaban J connectivity index is 2.19. The van der Waals surface area contributed by atoms with Crippen molar-refractivity contribution >= 4 is 11.6 Å². The molecule has 2 nitrogen and oxygen atoms in total. The average molecular weight is 248 g/mol. The summed E-state index contributed by atoms with van der Waals surface area (Å²) in [5, 5.41) is 0. The second-order valence-corrected chi connectivity index (χ2v) is 5.35. The van der Waals surface area contributed by atoms with E-state index >= 15 is 0 Å². The van der Waals surface area contributed by atoms with Gasteiger partial charge in [-0.3, -0.25) is 9.59 Å². The number of carbonyl (C=O) groups is 2. The van der Waals surface area contributed by atoms with Crippen molar-refractivity contribution in [1.29, 1.82) is 0 Å². The van der Waals surface area contributed by atoms with E-state index < -0.39 is 0 Å². The zero-order chi connectivity index (χ0) is 13.4. The van der Waals surface area contributed by atoms with Gasteiger partial charge in [-0.15, -0.1) is 0 Å². The van der Waals surface area contributed by atoms with Gasteiger partial charge in [0.15, 0.2) is 5.78 Å². The highest BCUT2D eigenvalue weighted by Gasteiger charge is 2.57. The second-order valence-electron chi connectivity index (χ2n) is 5.35. The Kier molecular flexibility index (Phi) is 3.33. The minimum atomic E-state index is -0.356. The molecule has 1 saturated carbocycles. The Labute approximate surface area is 106 Å². The molecule has 0 heterocycles. The SMILES string of the molecule is CC(=O)C1C(C(=O)c2ccc(F)cc2)C1C(C)C. The van der Waals surface area contributed by atoms with Gasteiger partial charge >= 0.3 is 0 Å². The van der Waals surface area contributed by atoms with E-state index in [1.807, 2.05) is 13.8 Å². The monoisotopic (exact) mass is 248 g/mol. The standard InChI is InChI=1S/C15H17FO2/c1-8(2)12-13(9(3)17)14(12)15(18)10-4-6-11(16)7-5-10/h4-8,12-14H,1-3H3. The maximum Gasteiger partial charge on any atom is 0.166 e. The molecular formula is C15H17FO2. The number of rotatable bonds is 4. The van der Waals surface area contributed by atoms with Gasteiger partial charge in [0, 0.05) is 17.4 Å². The first kappa shape index (κ1) is 12.9. The van der Waals surface area contributed by atoms with Crippen LogP contribution >= 0.6 is 0 Å². The van der Waals surface area contributed by atoms with Gasteiger partial charge in [0.1, 0.15) is 11.6 Å². The lowest BCUT2D eigenvalue weighted by atomic mass is 10.0. The van der Waals surface area contributed by atoms with Crippen molar-refractivity contribution in [2.75, 3.05) is 0 Å². The number of hydrogen-bond donors (Lipinski definition) is 0. The molecule has 1 aromatic carbocycles. The molecule has 96 valence electrons. The van der Waals surface area contributed by atoms with Crippen LogP contribution < -0.4 is 0 Å². The molecule has 0 amide bonds. The minimum Gasteiger partial charge on any atom is -0.300 e.